The lowest BCUT2D eigenvalue weighted by Gasteiger charge is -1.96. The number of methoxy groups -OCH3 is 1. The van der Waals surface area contributed by atoms with Crippen LogP contribution in [0.1, 0.15) is 0 Å². The lowest BCUT2D eigenvalue weighted by Crippen LogP contribution is -1.97. The molecule has 0 saturated carbocycles. The number of fused-ring (bicyclic) bond motifs is 1. The second kappa shape index (κ2) is 3.90. The maximum absolute atomic E-state index is 5.16. The van der Waals surface area contributed by atoms with E-state index in [1.807, 2.05) is 48.5 Å². The molecule has 0 aliphatic carbocycles. The lowest BCUT2D eigenvalue weighted by atomic mass is 10.3. The molecule has 0 unspecified atom stereocenters. The summed E-state index contributed by atoms with van der Waals surface area (Å²) in [7, 11) is 1.64. The minimum atomic E-state index is 0.789. The van der Waals surface area contributed by atoms with Crippen LogP contribution in [0, 0.1) is 0 Å². The van der Waals surface area contributed by atoms with E-state index in [-0.39, 0.29) is 0 Å². The molecule has 4 nitrogen and oxygen atoms in total. The molecule has 3 rings (SSSR count). The molecule has 84 valence electrons. The number of hydrogen-bond donors (Lipinski definition) is 0. The summed E-state index contributed by atoms with van der Waals surface area (Å²) >= 11 is 0. The molecule has 1 aromatic heterocycles. The van der Waals surface area contributed by atoms with E-state index in [1.54, 1.807) is 11.9 Å². The molecule has 0 aliphatic rings. The van der Waals surface area contributed by atoms with Crippen molar-refractivity contribution in [2.45, 2.75) is 0 Å². The first-order valence-corrected chi connectivity index (χ1v) is 5.33. The van der Waals surface area contributed by atoms with E-state index in [0.29, 0.717) is 0 Å². The monoisotopic (exact) mass is 225 g/mol. The summed E-state index contributed by atoms with van der Waals surface area (Å²) in [5.41, 5.74) is 2.63. The van der Waals surface area contributed by atoms with Gasteiger partial charge in [0, 0.05) is 6.07 Å². The third kappa shape index (κ3) is 1.73. The normalized spacial score (nSPS) is 10.6. The first-order valence-electron chi connectivity index (χ1n) is 5.33. The van der Waals surface area contributed by atoms with Crippen LogP contribution in [0.5, 0.6) is 5.75 Å². The van der Waals surface area contributed by atoms with Gasteiger partial charge in [-0.2, -0.15) is 4.80 Å². The summed E-state index contributed by atoms with van der Waals surface area (Å²) in [5.74, 6) is 0.789. The first kappa shape index (κ1) is 9.84. The molecule has 0 amide bonds. The highest BCUT2D eigenvalue weighted by Gasteiger charge is 2.04. The van der Waals surface area contributed by atoms with Crippen molar-refractivity contribution in [2.75, 3.05) is 7.11 Å². The van der Waals surface area contributed by atoms with Gasteiger partial charge in [-0.3, -0.25) is 0 Å². The number of rotatable bonds is 2. The number of benzene rings is 2. The predicted molar refractivity (Wildman–Crippen MR) is 65.4 cm³/mol. The standard InChI is InChI=1S/C13H11N3O/c1-17-11-7-8-12-13(9-11)15-16(14-12)10-5-3-2-4-6-10/h2-9H,1H3. The zero-order chi connectivity index (χ0) is 11.7. The van der Waals surface area contributed by atoms with Crippen LogP contribution in [0.4, 0.5) is 0 Å². The summed E-state index contributed by atoms with van der Waals surface area (Å²) in [6.45, 7) is 0. The SMILES string of the molecule is COc1ccc2nn(-c3ccccc3)nc2c1. The summed E-state index contributed by atoms with van der Waals surface area (Å²) in [4.78, 5) is 1.63. The molecule has 0 spiro atoms. The van der Waals surface area contributed by atoms with Crippen molar-refractivity contribution in [1.29, 1.82) is 0 Å². The maximum Gasteiger partial charge on any atom is 0.121 e. The fourth-order valence-electron chi connectivity index (χ4n) is 1.70. The molecule has 0 bridgehead atoms. The number of para-hydroxylation sites is 1. The Kier molecular flexibility index (Phi) is 2.26. The number of aromatic nitrogens is 3. The van der Waals surface area contributed by atoms with Gasteiger partial charge in [-0.1, -0.05) is 18.2 Å². The van der Waals surface area contributed by atoms with E-state index in [1.165, 1.54) is 0 Å². The fourth-order valence-corrected chi connectivity index (χ4v) is 1.70. The molecule has 0 atom stereocenters. The van der Waals surface area contributed by atoms with E-state index in [9.17, 15) is 0 Å². The van der Waals surface area contributed by atoms with Gasteiger partial charge < -0.3 is 4.74 Å². The average Bonchev–Trinajstić information content (AvgIpc) is 2.82. The summed E-state index contributed by atoms with van der Waals surface area (Å²) in [6, 6.07) is 15.5. The van der Waals surface area contributed by atoms with Gasteiger partial charge in [0.25, 0.3) is 0 Å². The number of hydrogen-bond acceptors (Lipinski definition) is 3. The number of nitrogens with zero attached hydrogens (tertiary/aromatic N) is 3. The Balaban J connectivity index is 2.14. The fraction of sp³-hybridized carbons (Fsp3) is 0.0769. The smallest absolute Gasteiger partial charge is 0.121 e. The van der Waals surface area contributed by atoms with Crippen molar-refractivity contribution in [3.63, 3.8) is 0 Å². The van der Waals surface area contributed by atoms with Crippen LogP contribution >= 0.6 is 0 Å². The van der Waals surface area contributed by atoms with Gasteiger partial charge in [0.2, 0.25) is 0 Å². The zero-order valence-electron chi connectivity index (χ0n) is 9.37. The van der Waals surface area contributed by atoms with E-state index in [4.69, 9.17) is 4.74 Å². The molecular formula is C13H11N3O. The Morgan fingerprint density at radius 1 is 0.941 bits per heavy atom. The quantitative estimate of drug-likeness (QED) is 0.672. The minimum absolute atomic E-state index is 0.789. The molecule has 2 aromatic carbocycles. The summed E-state index contributed by atoms with van der Waals surface area (Å²) in [5, 5.41) is 8.83. The van der Waals surface area contributed by atoms with Gasteiger partial charge in [0.05, 0.1) is 12.8 Å². The molecule has 0 N–H and O–H groups in total. The van der Waals surface area contributed by atoms with E-state index < -0.39 is 0 Å². The van der Waals surface area contributed by atoms with Gasteiger partial charge in [-0.05, 0) is 24.3 Å². The largest absolute Gasteiger partial charge is 0.497 e. The minimum Gasteiger partial charge on any atom is -0.497 e. The van der Waals surface area contributed by atoms with Crippen LogP contribution in [-0.4, -0.2) is 22.1 Å². The van der Waals surface area contributed by atoms with Crippen LogP contribution in [0.2, 0.25) is 0 Å². The molecule has 1 heterocycles. The van der Waals surface area contributed by atoms with Crippen molar-refractivity contribution < 1.29 is 4.74 Å². The molecule has 0 aliphatic heterocycles. The van der Waals surface area contributed by atoms with Crippen LogP contribution in [0.15, 0.2) is 48.5 Å². The van der Waals surface area contributed by atoms with Gasteiger partial charge >= 0.3 is 0 Å². The Labute approximate surface area is 98.4 Å². The summed E-state index contributed by atoms with van der Waals surface area (Å²) < 4.78 is 5.16. The summed E-state index contributed by atoms with van der Waals surface area (Å²) in [6.07, 6.45) is 0. The molecule has 0 saturated heterocycles. The van der Waals surface area contributed by atoms with Crippen molar-refractivity contribution in [2.24, 2.45) is 0 Å². The van der Waals surface area contributed by atoms with Crippen molar-refractivity contribution in [3.8, 4) is 11.4 Å². The van der Waals surface area contributed by atoms with Gasteiger partial charge in [-0.25, -0.2) is 0 Å². The van der Waals surface area contributed by atoms with E-state index >= 15 is 0 Å². The second-order valence-electron chi connectivity index (χ2n) is 3.68. The van der Waals surface area contributed by atoms with Gasteiger partial charge in [0.1, 0.15) is 16.8 Å². The Morgan fingerprint density at radius 2 is 1.71 bits per heavy atom. The second-order valence-corrected chi connectivity index (χ2v) is 3.68. The van der Waals surface area contributed by atoms with Gasteiger partial charge in [0.15, 0.2) is 0 Å². The molecule has 3 aromatic rings. The average molecular weight is 225 g/mol. The van der Waals surface area contributed by atoms with Crippen molar-refractivity contribution in [3.05, 3.63) is 48.5 Å². The Hall–Kier alpha value is -2.36. The zero-order valence-corrected chi connectivity index (χ0v) is 9.37. The predicted octanol–water partition coefficient (Wildman–Crippen LogP) is 2.43. The molecule has 0 fully saturated rings. The highest BCUT2D eigenvalue weighted by Crippen LogP contribution is 2.18. The Bertz CT molecular complexity index is 646. The topological polar surface area (TPSA) is 39.9 Å². The number of ether oxygens (including phenoxy) is 1. The van der Waals surface area contributed by atoms with Crippen LogP contribution in [0.25, 0.3) is 16.7 Å². The lowest BCUT2D eigenvalue weighted by molar-refractivity contribution is 0.415. The molecule has 4 heteroatoms. The molecular weight excluding hydrogens is 214 g/mol. The van der Waals surface area contributed by atoms with Crippen LogP contribution in [0.3, 0.4) is 0 Å². The van der Waals surface area contributed by atoms with Crippen LogP contribution in [-0.2, 0) is 0 Å². The third-order valence-electron chi connectivity index (χ3n) is 2.57. The first-order chi connectivity index (χ1) is 8.36. The molecule has 0 radical (unpaired) electrons. The van der Waals surface area contributed by atoms with Crippen molar-refractivity contribution >= 4 is 11.0 Å². The highest BCUT2D eigenvalue weighted by molar-refractivity contribution is 5.75. The van der Waals surface area contributed by atoms with Crippen molar-refractivity contribution in [1.82, 2.24) is 15.0 Å². The third-order valence-corrected chi connectivity index (χ3v) is 2.57. The van der Waals surface area contributed by atoms with E-state index in [0.717, 1.165) is 22.5 Å². The van der Waals surface area contributed by atoms with Crippen LogP contribution < -0.4 is 4.74 Å². The Morgan fingerprint density at radius 3 is 2.47 bits per heavy atom. The maximum atomic E-state index is 5.16. The highest BCUT2D eigenvalue weighted by atomic mass is 16.5. The van der Waals surface area contributed by atoms with E-state index in [2.05, 4.69) is 10.2 Å². The van der Waals surface area contributed by atoms with Gasteiger partial charge in [-0.15, -0.1) is 10.2 Å². The molecule has 17 heavy (non-hydrogen) atoms.